The lowest BCUT2D eigenvalue weighted by molar-refractivity contribution is 0.193. The van der Waals surface area contributed by atoms with E-state index >= 15 is 0 Å². The summed E-state index contributed by atoms with van der Waals surface area (Å²) in [4.78, 5) is 9.95. The first-order chi connectivity index (χ1) is 4.74. The first kappa shape index (κ1) is 7.34. The Morgan fingerprint density at radius 3 is 2.70 bits per heavy atom. The molecule has 3 N–H and O–H groups in total. The lowest BCUT2D eigenvalue weighted by Crippen LogP contribution is -2.23. The highest BCUT2D eigenvalue weighted by molar-refractivity contribution is 5.64. The van der Waals surface area contributed by atoms with E-state index in [-0.39, 0.29) is 6.61 Å². The van der Waals surface area contributed by atoms with Crippen LogP contribution >= 0.6 is 0 Å². The van der Waals surface area contributed by atoms with Crippen LogP contribution in [0.15, 0.2) is 0 Å². The number of aliphatic hydroxyl groups excluding tert-OH is 1. The minimum absolute atomic E-state index is 0.186. The van der Waals surface area contributed by atoms with Crippen molar-refractivity contribution in [2.45, 2.75) is 6.42 Å². The van der Waals surface area contributed by atoms with Gasteiger partial charge in [0.25, 0.3) is 0 Å². The number of rotatable bonds is 3. The third kappa shape index (κ3) is 1.88. The monoisotopic (exact) mass is 145 g/mol. The summed E-state index contributed by atoms with van der Waals surface area (Å²) in [6.07, 6.45) is -0.0276. The molecule has 1 fully saturated rings. The van der Waals surface area contributed by atoms with Crippen molar-refractivity contribution in [1.82, 2.24) is 5.32 Å². The number of carbonyl (C=O) groups is 1. The van der Waals surface area contributed by atoms with E-state index < -0.39 is 6.09 Å². The Labute approximate surface area is 58.9 Å². The first-order valence-electron chi connectivity index (χ1n) is 3.31. The number of hydrogen-bond donors (Lipinski definition) is 3. The third-order valence-corrected chi connectivity index (χ3v) is 1.82. The van der Waals surface area contributed by atoms with Crippen LogP contribution in [0.5, 0.6) is 0 Å². The fourth-order valence-corrected chi connectivity index (χ4v) is 1.00. The molecule has 0 spiro atoms. The summed E-state index contributed by atoms with van der Waals surface area (Å²) in [5.41, 5.74) is 0. The lowest BCUT2D eigenvalue weighted by Gasteiger charge is -1.96. The zero-order chi connectivity index (χ0) is 7.56. The zero-order valence-electron chi connectivity index (χ0n) is 5.58. The van der Waals surface area contributed by atoms with Gasteiger partial charge in [0.05, 0.1) is 0 Å². The van der Waals surface area contributed by atoms with Crippen molar-refractivity contribution in [1.29, 1.82) is 0 Å². The molecule has 0 aliphatic heterocycles. The Balaban J connectivity index is 2.01. The standard InChI is InChI=1S/C6H11NO3/c8-3-5-1-4(5)2-7-6(9)10/h4-5,7-8H,1-3H2,(H,9,10)/t4-,5-/m1/s1. The molecule has 0 saturated heterocycles. The van der Waals surface area contributed by atoms with Crippen LogP contribution in [-0.2, 0) is 0 Å². The van der Waals surface area contributed by atoms with Gasteiger partial charge in [0, 0.05) is 13.2 Å². The third-order valence-electron chi connectivity index (χ3n) is 1.82. The predicted octanol–water partition coefficient (Wildman–Crippen LogP) is -0.118. The summed E-state index contributed by atoms with van der Waals surface area (Å²) in [5.74, 6) is 0.716. The van der Waals surface area contributed by atoms with Gasteiger partial charge in [-0.25, -0.2) is 4.79 Å². The maximum atomic E-state index is 9.95. The van der Waals surface area contributed by atoms with Crippen LogP contribution in [0, 0.1) is 11.8 Å². The molecule has 0 bridgehead atoms. The Hall–Kier alpha value is -0.770. The van der Waals surface area contributed by atoms with Crippen molar-refractivity contribution in [2.75, 3.05) is 13.2 Å². The Bertz CT molecular complexity index is 137. The molecule has 4 heteroatoms. The number of amides is 1. The van der Waals surface area contributed by atoms with Crippen LogP contribution < -0.4 is 5.32 Å². The van der Waals surface area contributed by atoms with E-state index in [9.17, 15) is 4.79 Å². The smallest absolute Gasteiger partial charge is 0.404 e. The fraction of sp³-hybridized carbons (Fsp3) is 0.833. The Kier molecular flexibility index (Phi) is 2.11. The van der Waals surface area contributed by atoms with Crippen molar-refractivity contribution < 1.29 is 15.0 Å². The maximum absolute atomic E-state index is 9.95. The van der Waals surface area contributed by atoms with Gasteiger partial charge in [0.2, 0.25) is 0 Å². The van der Waals surface area contributed by atoms with Crippen LogP contribution in [0.2, 0.25) is 0 Å². The van der Waals surface area contributed by atoms with Gasteiger partial charge in [-0.1, -0.05) is 0 Å². The van der Waals surface area contributed by atoms with Crippen molar-refractivity contribution in [3.8, 4) is 0 Å². The lowest BCUT2D eigenvalue weighted by atomic mass is 10.3. The molecule has 0 aromatic rings. The molecule has 0 aromatic carbocycles. The molecule has 2 atom stereocenters. The molecule has 10 heavy (non-hydrogen) atoms. The van der Waals surface area contributed by atoms with Crippen LogP contribution in [-0.4, -0.2) is 29.5 Å². The topological polar surface area (TPSA) is 69.6 Å². The van der Waals surface area contributed by atoms with E-state index in [4.69, 9.17) is 10.2 Å². The van der Waals surface area contributed by atoms with E-state index in [1.165, 1.54) is 0 Å². The Morgan fingerprint density at radius 2 is 2.30 bits per heavy atom. The van der Waals surface area contributed by atoms with Gasteiger partial charge in [-0.15, -0.1) is 0 Å². The predicted molar refractivity (Wildman–Crippen MR) is 34.7 cm³/mol. The van der Waals surface area contributed by atoms with E-state index in [0.29, 0.717) is 18.4 Å². The molecule has 0 heterocycles. The molecule has 58 valence electrons. The Morgan fingerprint density at radius 1 is 1.60 bits per heavy atom. The summed E-state index contributed by atoms with van der Waals surface area (Å²) in [5, 5.41) is 19.0. The highest BCUT2D eigenvalue weighted by atomic mass is 16.4. The summed E-state index contributed by atoms with van der Waals surface area (Å²) >= 11 is 0. The summed E-state index contributed by atoms with van der Waals surface area (Å²) < 4.78 is 0. The van der Waals surface area contributed by atoms with E-state index in [2.05, 4.69) is 5.32 Å². The van der Waals surface area contributed by atoms with Crippen LogP contribution in [0.4, 0.5) is 4.79 Å². The largest absolute Gasteiger partial charge is 0.465 e. The molecule has 0 unspecified atom stereocenters. The van der Waals surface area contributed by atoms with Crippen molar-refractivity contribution in [3.05, 3.63) is 0 Å². The van der Waals surface area contributed by atoms with Crippen LogP contribution in [0.3, 0.4) is 0 Å². The zero-order valence-corrected chi connectivity index (χ0v) is 5.58. The number of hydrogen-bond acceptors (Lipinski definition) is 2. The average Bonchev–Trinajstić information content (AvgIpc) is 2.61. The number of nitrogens with one attached hydrogen (secondary N) is 1. The van der Waals surface area contributed by atoms with Gasteiger partial charge in [0.1, 0.15) is 0 Å². The molecule has 1 aliphatic carbocycles. The second-order valence-electron chi connectivity index (χ2n) is 2.62. The van der Waals surface area contributed by atoms with Gasteiger partial charge < -0.3 is 15.5 Å². The van der Waals surface area contributed by atoms with Crippen molar-refractivity contribution >= 4 is 6.09 Å². The summed E-state index contributed by atoms with van der Waals surface area (Å²) in [7, 11) is 0. The van der Waals surface area contributed by atoms with Gasteiger partial charge in [-0.3, -0.25) is 0 Å². The number of aliphatic hydroxyl groups is 1. The second-order valence-corrected chi connectivity index (χ2v) is 2.62. The molecule has 0 radical (unpaired) electrons. The number of carboxylic acid groups (broad SMARTS) is 1. The molecular weight excluding hydrogens is 134 g/mol. The molecule has 4 nitrogen and oxygen atoms in total. The molecular formula is C6H11NO3. The van der Waals surface area contributed by atoms with Gasteiger partial charge in [-0.2, -0.15) is 0 Å². The molecule has 1 amide bonds. The molecule has 1 saturated carbocycles. The van der Waals surface area contributed by atoms with Gasteiger partial charge >= 0.3 is 6.09 Å². The molecule has 0 aromatic heterocycles. The van der Waals surface area contributed by atoms with Crippen molar-refractivity contribution in [2.24, 2.45) is 11.8 Å². The van der Waals surface area contributed by atoms with Gasteiger partial charge in [0.15, 0.2) is 0 Å². The minimum atomic E-state index is -0.983. The highest BCUT2D eigenvalue weighted by Crippen LogP contribution is 2.36. The summed E-state index contributed by atoms with van der Waals surface area (Å²) in [6.45, 7) is 0.673. The first-order valence-corrected chi connectivity index (χ1v) is 3.31. The highest BCUT2D eigenvalue weighted by Gasteiger charge is 2.36. The SMILES string of the molecule is O=C(O)NC[C@H]1C[C@@H]1CO. The van der Waals surface area contributed by atoms with E-state index in [1.54, 1.807) is 0 Å². The van der Waals surface area contributed by atoms with Crippen molar-refractivity contribution in [3.63, 3.8) is 0 Å². The fourth-order valence-electron chi connectivity index (χ4n) is 1.00. The second kappa shape index (κ2) is 2.88. The summed E-state index contributed by atoms with van der Waals surface area (Å²) in [6, 6.07) is 0. The van der Waals surface area contributed by atoms with Crippen LogP contribution in [0.25, 0.3) is 0 Å². The maximum Gasteiger partial charge on any atom is 0.404 e. The quantitative estimate of drug-likeness (QED) is 0.518. The van der Waals surface area contributed by atoms with Crippen LogP contribution in [0.1, 0.15) is 6.42 Å². The minimum Gasteiger partial charge on any atom is -0.465 e. The van der Waals surface area contributed by atoms with E-state index in [1.807, 2.05) is 0 Å². The molecule has 1 rings (SSSR count). The average molecular weight is 145 g/mol. The normalized spacial score (nSPS) is 29.7. The molecule has 1 aliphatic rings. The van der Waals surface area contributed by atoms with Gasteiger partial charge in [-0.05, 0) is 18.3 Å². The van der Waals surface area contributed by atoms with E-state index in [0.717, 1.165) is 6.42 Å².